The first-order valence-corrected chi connectivity index (χ1v) is 6.61. The molecule has 0 aromatic heterocycles. The fourth-order valence-electron chi connectivity index (χ4n) is 1.60. The first-order valence-electron chi connectivity index (χ1n) is 6.09. The fourth-order valence-corrected chi connectivity index (χ4v) is 1.78. The number of carboxylic acids is 1. The van der Waals surface area contributed by atoms with E-state index in [1.807, 2.05) is 0 Å². The second kappa shape index (κ2) is 13.6. The van der Waals surface area contributed by atoms with Crippen molar-refractivity contribution in [1.29, 1.82) is 0 Å². The van der Waals surface area contributed by atoms with Gasteiger partial charge in [0.25, 0.3) is 0 Å². The van der Waals surface area contributed by atoms with Gasteiger partial charge in [-0.15, -0.1) is 0 Å². The molecule has 0 spiro atoms. The quantitative estimate of drug-likeness (QED) is 0.314. The van der Waals surface area contributed by atoms with E-state index in [-0.39, 0.29) is 22.4 Å². The van der Waals surface area contributed by atoms with Crippen LogP contribution in [-0.4, -0.2) is 16.3 Å². The molecule has 1 N–H and O–H groups in total. The fraction of sp³-hybridized carbons (Fsp3) is 0.917. The van der Waals surface area contributed by atoms with Gasteiger partial charge in [0.1, 0.15) is 0 Å². The summed E-state index contributed by atoms with van der Waals surface area (Å²) in [5, 5.41) is 8.14. The molecule has 2 nitrogen and oxygen atoms in total. The molecule has 0 aliphatic rings. The van der Waals surface area contributed by atoms with E-state index in [4.69, 9.17) is 5.11 Å². The second-order valence-corrected chi connectivity index (χ2v) is 4.74. The third-order valence-corrected chi connectivity index (χ3v) is 3.10. The number of carbonyl (C=O) groups is 1. The zero-order chi connectivity index (χ0) is 11.5. The Bertz CT molecular complexity index is 165. The Kier molecular flexibility index (Phi) is 16.1. The molecule has 0 saturated carbocycles. The van der Waals surface area contributed by atoms with Gasteiger partial charge in [0.05, 0.1) is 5.25 Å². The van der Waals surface area contributed by atoms with Gasteiger partial charge < -0.3 is 5.11 Å². The van der Waals surface area contributed by atoms with Crippen molar-refractivity contribution in [3.63, 3.8) is 0 Å². The van der Waals surface area contributed by atoms with Crippen LogP contribution in [0.25, 0.3) is 0 Å². The molecule has 0 amide bonds. The number of thiol groups is 1. The molecule has 0 rings (SSSR count). The topological polar surface area (TPSA) is 37.3 Å². The van der Waals surface area contributed by atoms with E-state index in [0.29, 0.717) is 6.42 Å². The largest absolute Gasteiger partial charge is 0.480 e. The Morgan fingerprint density at radius 1 is 1.06 bits per heavy atom. The van der Waals surface area contributed by atoms with Crippen LogP contribution >= 0.6 is 12.6 Å². The number of rotatable bonds is 10. The normalized spacial score (nSPS) is 11.9. The number of hydrogen-bond acceptors (Lipinski definition) is 2. The average molecular weight is 429 g/mol. The maximum Gasteiger partial charge on any atom is 0.316 e. The molecule has 0 bridgehead atoms. The van der Waals surface area contributed by atoms with Crippen molar-refractivity contribution in [2.75, 3.05) is 0 Å². The molecule has 0 aromatic carbocycles. The van der Waals surface area contributed by atoms with Crippen molar-refractivity contribution in [2.45, 2.75) is 70.0 Å². The van der Waals surface area contributed by atoms with E-state index < -0.39 is 11.2 Å². The van der Waals surface area contributed by atoms with Gasteiger partial charge in [0.15, 0.2) is 0 Å². The van der Waals surface area contributed by atoms with Gasteiger partial charge in [-0.05, 0) is 6.42 Å². The molecular formula is C12H24AuO2S. The molecule has 0 aromatic rings. The predicted molar refractivity (Wildman–Crippen MR) is 67.6 cm³/mol. The van der Waals surface area contributed by atoms with Gasteiger partial charge in [0, 0.05) is 22.4 Å². The number of hydrogen-bond donors (Lipinski definition) is 2. The second-order valence-electron chi connectivity index (χ2n) is 4.12. The maximum absolute atomic E-state index is 10.5. The van der Waals surface area contributed by atoms with E-state index in [9.17, 15) is 4.79 Å². The average Bonchev–Trinajstić information content (AvgIpc) is 2.21. The first-order chi connectivity index (χ1) is 7.18. The Morgan fingerprint density at radius 3 is 1.94 bits per heavy atom. The van der Waals surface area contributed by atoms with Crippen LogP contribution in [0, 0.1) is 0 Å². The van der Waals surface area contributed by atoms with Gasteiger partial charge in [-0.2, -0.15) is 12.6 Å². The van der Waals surface area contributed by atoms with Crippen molar-refractivity contribution in [3.8, 4) is 0 Å². The van der Waals surface area contributed by atoms with Crippen molar-refractivity contribution in [1.82, 2.24) is 0 Å². The van der Waals surface area contributed by atoms with Crippen molar-refractivity contribution < 1.29 is 32.3 Å². The van der Waals surface area contributed by atoms with Gasteiger partial charge in [0.2, 0.25) is 0 Å². The molecule has 0 fully saturated rings. The smallest absolute Gasteiger partial charge is 0.316 e. The Labute approximate surface area is 120 Å². The molecule has 4 heteroatoms. The van der Waals surface area contributed by atoms with Crippen LogP contribution in [0.3, 0.4) is 0 Å². The molecule has 0 aliphatic carbocycles. The van der Waals surface area contributed by atoms with Crippen LogP contribution < -0.4 is 0 Å². The monoisotopic (exact) mass is 429 g/mol. The van der Waals surface area contributed by atoms with Crippen LogP contribution in [0.1, 0.15) is 64.7 Å². The molecule has 1 radical (unpaired) electrons. The third kappa shape index (κ3) is 12.6. The molecule has 1 unspecified atom stereocenters. The van der Waals surface area contributed by atoms with Crippen LogP contribution in [0.5, 0.6) is 0 Å². The SMILES string of the molecule is CCCCCCCCCCC(S)C(=O)O.[Au]. The van der Waals surface area contributed by atoms with E-state index in [2.05, 4.69) is 19.6 Å². The minimum Gasteiger partial charge on any atom is -0.480 e. The molecule has 0 aliphatic heterocycles. The molecule has 0 heterocycles. The summed E-state index contributed by atoms with van der Waals surface area (Å²) in [5.41, 5.74) is 0. The molecule has 1 atom stereocenters. The number of aliphatic carboxylic acids is 1. The Balaban J connectivity index is 0. The summed E-state index contributed by atoms with van der Waals surface area (Å²) in [6.07, 6.45) is 10.7. The standard InChI is InChI=1S/C12H24O2S.Au/c1-2-3-4-5-6-7-8-9-10-11(15)12(13)14;/h11,15H,2-10H2,1H3,(H,13,14);. The molecule has 0 saturated heterocycles. The Hall–Kier alpha value is 0.560. The van der Waals surface area contributed by atoms with Crippen molar-refractivity contribution >= 4 is 18.6 Å². The zero-order valence-electron chi connectivity index (χ0n) is 10.0. The predicted octanol–water partition coefficient (Wildman–Crippen LogP) is 3.90. The van der Waals surface area contributed by atoms with Crippen molar-refractivity contribution in [2.24, 2.45) is 0 Å². The van der Waals surface area contributed by atoms with E-state index in [1.165, 1.54) is 38.5 Å². The summed E-state index contributed by atoms with van der Waals surface area (Å²) in [5.74, 6) is -0.790. The summed E-state index contributed by atoms with van der Waals surface area (Å²) in [6, 6.07) is 0. The maximum atomic E-state index is 10.5. The van der Waals surface area contributed by atoms with Gasteiger partial charge in [-0.1, -0.05) is 58.3 Å². The van der Waals surface area contributed by atoms with Crippen LogP contribution in [-0.2, 0) is 27.2 Å². The van der Waals surface area contributed by atoms with E-state index >= 15 is 0 Å². The minimum atomic E-state index is -0.790. The van der Waals surface area contributed by atoms with E-state index in [0.717, 1.165) is 12.8 Å². The minimum absolute atomic E-state index is 0. The van der Waals surface area contributed by atoms with Gasteiger partial charge in [-0.3, -0.25) is 4.79 Å². The summed E-state index contributed by atoms with van der Waals surface area (Å²) in [7, 11) is 0. The summed E-state index contributed by atoms with van der Waals surface area (Å²) < 4.78 is 0. The zero-order valence-corrected chi connectivity index (χ0v) is 13.1. The molecule has 101 valence electrons. The van der Waals surface area contributed by atoms with E-state index in [1.54, 1.807) is 0 Å². The van der Waals surface area contributed by atoms with Crippen LogP contribution in [0.15, 0.2) is 0 Å². The summed E-state index contributed by atoms with van der Waals surface area (Å²) in [6.45, 7) is 2.22. The Morgan fingerprint density at radius 2 is 1.50 bits per heavy atom. The molecular weight excluding hydrogens is 405 g/mol. The van der Waals surface area contributed by atoms with Crippen LogP contribution in [0.4, 0.5) is 0 Å². The number of unbranched alkanes of at least 4 members (excludes halogenated alkanes) is 7. The number of carboxylic acid groups (broad SMARTS) is 1. The van der Waals surface area contributed by atoms with Gasteiger partial charge >= 0.3 is 5.97 Å². The van der Waals surface area contributed by atoms with Gasteiger partial charge in [-0.25, -0.2) is 0 Å². The van der Waals surface area contributed by atoms with Crippen molar-refractivity contribution in [3.05, 3.63) is 0 Å². The molecule has 16 heavy (non-hydrogen) atoms. The first kappa shape index (κ1) is 18.9. The summed E-state index contributed by atoms with van der Waals surface area (Å²) >= 11 is 4.00. The van der Waals surface area contributed by atoms with Crippen LogP contribution in [0.2, 0.25) is 0 Å². The summed E-state index contributed by atoms with van der Waals surface area (Å²) in [4.78, 5) is 10.5. The third-order valence-electron chi connectivity index (χ3n) is 2.62.